The number of carbonyl (C=O) groups is 1. The average molecular weight is 454 g/mol. The zero-order chi connectivity index (χ0) is 23.4. The van der Waals surface area contributed by atoms with E-state index in [1.807, 2.05) is 51.2 Å². The fourth-order valence-corrected chi connectivity index (χ4v) is 4.36. The Morgan fingerprint density at radius 1 is 1.19 bits per heavy atom. The highest BCUT2D eigenvalue weighted by Crippen LogP contribution is 2.27. The second kappa shape index (κ2) is 10.3. The number of halogens is 1. The maximum absolute atomic E-state index is 13.6. The summed E-state index contributed by atoms with van der Waals surface area (Å²) >= 11 is 6.17. The van der Waals surface area contributed by atoms with E-state index >= 15 is 0 Å². The minimum absolute atomic E-state index is 0.0275. The van der Waals surface area contributed by atoms with E-state index in [0.29, 0.717) is 21.7 Å². The van der Waals surface area contributed by atoms with Crippen LogP contribution in [0, 0.1) is 12.8 Å². The summed E-state index contributed by atoms with van der Waals surface area (Å²) in [5.41, 5.74) is 2.06. The Hall–Kier alpha value is -2.66. The number of fused-ring (bicyclic) bond motifs is 1. The van der Waals surface area contributed by atoms with E-state index in [9.17, 15) is 9.59 Å². The van der Waals surface area contributed by atoms with Crippen LogP contribution < -0.4 is 5.56 Å². The molecule has 0 aliphatic rings. The Kier molecular flexibility index (Phi) is 7.73. The molecule has 6 heteroatoms. The molecular weight excluding hydrogens is 422 g/mol. The van der Waals surface area contributed by atoms with Gasteiger partial charge in [-0.25, -0.2) is 4.98 Å². The maximum Gasteiger partial charge on any atom is 0.266 e. The van der Waals surface area contributed by atoms with Gasteiger partial charge in [0.25, 0.3) is 5.56 Å². The number of para-hydroxylation sites is 1. The van der Waals surface area contributed by atoms with Crippen molar-refractivity contribution < 1.29 is 4.79 Å². The van der Waals surface area contributed by atoms with Crippen molar-refractivity contribution in [2.75, 3.05) is 7.05 Å². The summed E-state index contributed by atoms with van der Waals surface area (Å²) in [7, 11) is 1.81. The summed E-state index contributed by atoms with van der Waals surface area (Å²) < 4.78 is 1.63. The van der Waals surface area contributed by atoms with Gasteiger partial charge in [0.05, 0.1) is 22.6 Å². The number of nitrogens with zero attached hydrogens (tertiary/aromatic N) is 3. The standard InChI is InChI=1S/C26H32ClN3O2/c1-6-8-11-19(7-2)25(31)29(5)18(4)24-28-22-13-10-9-12-21(22)26(32)30(24)23-15-14-20(27)16-17(23)3/h9-10,12-16,18-19H,6-8,11H2,1-5H3. The Morgan fingerprint density at radius 2 is 1.91 bits per heavy atom. The second-order valence-corrected chi connectivity index (χ2v) is 8.87. The first-order valence-electron chi connectivity index (χ1n) is 11.3. The molecule has 170 valence electrons. The molecule has 3 rings (SSSR count). The Bertz CT molecular complexity index is 1170. The van der Waals surface area contributed by atoms with Gasteiger partial charge in [-0.3, -0.25) is 14.2 Å². The van der Waals surface area contributed by atoms with E-state index in [4.69, 9.17) is 16.6 Å². The lowest BCUT2D eigenvalue weighted by Crippen LogP contribution is -2.38. The molecule has 1 heterocycles. The molecule has 0 radical (unpaired) electrons. The van der Waals surface area contributed by atoms with Crippen molar-refractivity contribution in [1.29, 1.82) is 0 Å². The van der Waals surface area contributed by atoms with Crippen LogP contribution >= 0.6 is 11.6 Å². The summed E-state index contributed by atoms with van der Waals surface area (Å²) in [5.74, 6) is 0.607. The number of aryl methyl sites for hydroxylation is 1. The number of benzene rings is 2. The molecule has 0 N–H and O–H groups in total. The van der Waals surface area contributed by atoms with Gasteiger partial charge in [-0.2, -0.15) is 0 Å². The van der Waals surface area contributed by atoms with Crippen LogP contribution in [0.25, 0.3) is 16.6 Å². The van der Waals surface area contributed by atoms with Gasteiger partial charge >= 0.3 is 0 Å². The lowest BCUT2D eigenvalue weighted by molar-refractivity contribution is -0.136. The van der Waals surface area contributed by atoms with Crippen LogP contribution in [0.15, 0.2) is 47.3 Å². The monoisotopic (exact) mass is 453 g/mol. The van der Waals surface area contributed by atoms with Crippen molar-refractivity contribution in [3.63, 3.8) is 0 Å². The largest absolute Gasteiger partial charge is 0.336 e. The molecule has 0 aliphatic heterocycles. The highest BCUT2D eigenvalue weighted by molar-refractivity contribution is 6.30. The van der Waals surface area contributed by atoms with Crippen molar-refractivity contribution in [1.82, 2.24) is 14.5 Å². The molecule has 0 bridgehead atoms. The number of hydrogen-bond donors (Lipinski definition) is 0. The normalized spacial score (nSPS) is 13.2. The van der Waals surface area contributed by atoms with E-state index in [0.717, 1.165) is 36.9 Å². The lowest BCUT2D eigenvalue weighted by Gasteiger charge is -2.30. The zero-order valence-electron chi connectivity index (χ0n) is 19.6. The maximum atomic E-state index is 13.6. The van der Waals surface area contributed by atoms with Gasteiger partial charge in [-0.05, 0) is 62.6 Å². The van der Waals surface area contributed by atoms with Crippen molar-refractivity contribution >= 4 is 28.4 Å². The van der Waals surface area contributed by atoms with Gasteiger partial charge in [0.1, 0.15) is 5.82 Å². The Labute approximate surface area is 195 Å². The fraction of sp³-hybridized carbons (Fsp3) is 0.423. The first-order chi connectivity index (χ1) is 15.3. The number of unbranched alkanes of at least 4 members (excludes halogenated alkanes) is 1. The van der Waals surface area contributed by atoms with E-state index in [-0.39, 0.29) is 23.4 Å². The first-order valence-corrected chi connectivity index (χ1v) is 11.7. The summed E-state index contributed by atoms with van der Waals surface area (Å²) in [6.07, 6.45) is 3.75. The molecule has 0 spiro atoms. The predicted molar refractivity (Wildman–Crippen MR) is 132 cm³/mol. The Balaban J connectivity index is 2.16. The predicted octanol–water partition coefficient (Wildman–Crippen LogP) is 6.08. The van der Waals surface area contributed by atoms with Gasteiger partial charge < -0.3 is 4.90 Å². The Morgan fingerprint density at radius 3 is 2.56 bits per heavy atom. The smallest absolute Gasteiger partial charge is 0.266 e. The van der Waals surface area contributed by atoms with E-state index in [1.165, 1.54) is 0 Å². The van der Waals surface area contributed by atoms with Crippen molar-refractivity contribution in [3.8, 4) is 5.69 Å². The molecule has 0 saturated carbocycles. The summed E-state index contributed by atoms with van der Waals surface area (Å²) in [6, 6.07) is 12.4. The SMILES string of the molecule is CCCCC(CC)C(=O)N(C)C(C)c1nc2ccccc2c(=O)n1-c1ccc(Cl)cc1C. The quantitative estimate of drug-likeness (QED) is 0.415. The molecule has 1 aromatic heterocycles. The summed E-state index contributed by atoms with van der Waals surface area (Å²) in [6.45, 7) is 8.04. The van der Waals surface area contributed by atoms with E-state index in [2.05, 4.69) is 13.8 Å². The molecule has 2 atom stereocenters. The number of rotatable bonds is 8. The average Bonchev–Trinajstić information content (AvgIpc) is 2.79. The zero-order valence-corrected chi connectivity index (χ0v) is 20.3. The van der Waals surface area contributed by atoms with Crippen LogP contribution in [0.3, 0.4) is 0 Å². The molecule has 5 nitrogen and oxygen atoms in total. The highest BCUT2D eigenvalue weighted by Gasteiger charge is 2.28. The van der Waals surface area contributed by atoms with Gasteiger partial charge in [-0.15, -0.1) is 0 Å². The molecule has 2 aromatic carbocycles. The fourth-order valence-electron chi connectivity index (χ4n) is 4.14. The van der Waals surface area contributed by atoms with Gasteiger partial charge in [0, 0.05) is 18.0 Å². The molecule has 0 saturated heterocycles. The van der Waals surface area contributed by atoms with Crippen molar-refractivity contribution in [3.05, 3.63) is 69.2 Å². The summed E-state index contributed by atoms with van der Waals surface area (Å²) in [5, 5.41) is 1.15. The van der Waals surface area contributed by atoms with E-state index in [1.54, 1.807) is 21.6 Å². The molecule has 1 amide bonds. The number of carbonyl (C=O) groups excluding carboxylic acids is 1. The lowest BCUT2D eigenvalue weighted by atomic mass is 9.97. The summed E-state index contributed by atoms with van der Waals surface area (Å²) in [4.78, 5) is 33.5. The third-order valence-corrected chi connectivity index (χ3v) is 6.49. The van der Waals surface area contributed by atoms with Crippen LogP contribution in [0.5, 0.6) is 0 Å². The molecule has 0 fully saturated rings. The molecule has 2 unspecified atom stereocenters. The minimum atomic E-state index is -0.384. The second-order valence-electron chi connectivity index (χ2n) is 8.43. The molecule has 32 heavy (non-hydrogen) atoms. The van der Waals surface area contributed by atoms with Gasteiger partial charge in [0.2, 0.25) is 5.91 Å². The first kappa shape index (κ1) is 24.0. The van der Waals surface area contributed by atoms with Gasteiger partial charge in [-0.1, -0.05) is 50.4 Å². The number of aromatic nitrogens is 2. The highest BCUT2D eigenvalue weighted by atomic mass is 35.5. The number of hydrogen-bond acceptors (Lipinski definition) is 3. The van der Waals surface area contributed by atoms with Crippen LogP contribution in [-0.2, 0) is 4.79 Å². The molecule has 0 aliphatic carbocycles. The van der Waals surface area contributed by atoms with Crippen LogP contribution in [0.1, 0.15) is 63.9 Å². The van der Waals surface area contributed by atoms with Crippen molar-refractivity contribution in [2.24, 2.45) is 5.92 Å². The van der Waals surface area contributed by atoms with E-state index < -0.39 is 0 Å². The molecular formula is C26H32ClN3O2. The third-order valence-electron chi connectivity index (χ3n) is 6.25. The van der Waals surface area contributed by atoms with Crippen LogP contribution in [0.2, 0.25) is 5.02 Å². The topological polar surface area (TPSA) is 55.2 Å². The third kappa shape index (κ3) is 4.73. The van der Waals surface area contributed by atoms with Crippen LogP contribution in [0.4, 0.5) is 0 Å². The molecule has 3 aromatic rings. The number of amides is 1. The minimum Gasteiger partial charge on any atom is -0.336 e. The van der Waals surface area contributed by atoms with Crippen molar-refractivity contribution in [2.45, 2.75) is 59.4 Å². The van der Waals surface area contributed by atoms with Crippen LogP contribution in [-0.4, -0.2) is 27.4 Å². The van der Waals surface area contributed by atoms with Gasteiger partial charge in [0.15, 0.2) is 0 Å².